The molecule has 0 aliphatic heterocycles. The Morgan fingerprint density at radius 2 is 1.91 bits per heavy atom. The highest BCUT2D eigenvalue weighted by Gasteiger charge is 2.18. The summed E-state index contributed by atoms with van der Waals surface area (Å²) in [6.45, 7) is 3.41. The number of rotatable bonds is 8. The maximum atomic E-state index is 12.5. The molecule has 0 spiro atoms. The first-order chi connectivity index (χ1) is 15.4. The predicted octanol–water partition coefficient (Wildman–Crippen LogP) is 4.79. The van der Waals surface area contributed by atoms with E-state index in [1.165, 1.54) is 5.56 Å². The average Bonchev–Trinajstić information content (AvgIpc) is 3.13. The lowest BCUT2D eigenvalue weighted by Crippen LogP contribution is -2.21. The van der Waals surface area contributed by atoms with E-state index in [-0.39, 0.29) is 18.3 Å². The van der Waals surface area contributed by atoms with E-state index >= 15 is 0 Å². The normalized spacial score (nSPS) is 13.6. The van der Waals surface area contributed by atoms with Crippen molar-refractivity contribution >= 4 is 38.3 Å². The van der Waals surface area contributed by atoms with E-state index in [1.807, 2.05) is 19.1 Å². The van der Waals surface area contributed by atoms with Gasteiger partial charge < -0.3 is 14.5 Å². The number of aryl methyl sites for hydroxylation is 2. The van der Waals surface area contributed by atoms with Crippen LogP contribution >= 0.6 is 0 Å². The van der Waals surface area contributed by atoms with Crippen LogP contribution in [-0.2, 0) is 27.7 Å². The third kappa shape index (κ3) is 4.91. The van der Waals surface area contributed by atoms with Gasteiger partial charge in [0.25, 0.3) is 5.91 Å². The second kappa shape index (κ2) is 9.24. The standard InChI is InChI=1S/C24H28N2O5S/c1-3-13-32(28,29)26-21-9-6-8-20(16(21)2)25-24(27)15-30-17-11-12-23-19(14-17)18-7-4-5-10-22(18)31-23/h6,8-9,11-12,14,26H,3-5,7,10,13,15H2,1-2H3,(H,25,27). The van der Waals surface area contributed by atoms with Gasteiger partial charge in [-0.2, -0.15) is 0 Å². The van der Waals surface area contributed by atoms with Crippen molar-refractivity contribution in [1.82, 2.24) is 0 Å². The molecule has 0 saturated heterocycles. The number of ether oxygens (including phenoxy) is 1. The minimum Gasteiger partial charge on any atom is -0.484 e. The number of carbonyl (C=O) groups excluding carboxylic acids is 1. The van der Waals surface area contributed by atoms with Crippen LogP contribution in [-0.4, -0.2) is 26.7 Å². The van der Waals surface area contributed by atoms with Crippen LogP contribution in [0.15, 0.2) is 40.8 Å². The molecule has 170 valence electrons. The first-order valence-electron chi connectivity index (χ1n) is 10.9. The van der Waals surface area contributed by atoms with Gasteiger partial charge in [0.1, 0.15) is 17.1 Å². The van der Waals surface area contributed by atoms with Gasteiger partial charge in [-0.25, -0.2) is 8.42 Å². The molecular weight excluding hydrogens is 428 g/mol. The predicted molar refractivity (Wildman–Crippen MR) is 126 cm³/mol. The summed E-state index contributed by atoms with van der Waals surface area (Å²) in [6.07, 6.45) is 4.80. The Bertz CT molecular complexity index is 1250. The van der Waals surface area contributed by atoms with Crippen LogP contribution in [0.3, 0.4) is 0 Å². The number of sulfonamides is 1. The van der Waals surface area contributed by atoms with E-state index < -0.39 is 10.0 Å². The minimum absolute atomic E-state index is 0.0427. The fraction of sp³-hybridized carbons (Fsp3) is 0.375. The molecule has 0 unspecified atom stereocenters. The molecule has 1 aliphatic rings. The first kappa shape index (κ1) is 22.2. The van der Waals surface area contributed by atoms with Crippen molar-refractivity contribution in [3.63, 3.8) is 0 Å². The summed E-state index contributed by atoms with van der Waals surface area (Å²) in [5.41, 5.74) is 3.74. The fourth-order valence-electron chi connectivity index (χ4n) is 4.04. The topological polar surface area (TPSA) is 97.6 Å². The highest BCUT2D eigenvalue weighted by atomic mass is 32.2. The Labute approximate surface area is 188 Å². The van der Waals surface area contributed by atoms with E-state index in [9.17, 15) is 13.2 Å². The number of fused-ring (bicyclic) bond motifs is 3. The lowest BCUT2D eigenvalue weighted by molar-refractivity contribution is -0.118. The molecule has 4 rings (SSSR count). The van der Waals surface area contributed by atoms with Crippen LogP contribution in [0.1, 0.15) is 43.1 Å². The van der Waals surface area contributed by atoms with Crippen LogP contribution in [0.25, 0.3) is 11.0 Å². The van der Waals surface area contributed by atoms with E-state index in [0.29, 0.717) is 29.1 Å². The molecule has 1 heterocycles. The Morgan fingerprint density at radius 1 is 1.12 bits per heavy atom. The molecule has 1 aliphatic carbocycles. The summed E-state index contributed by atoms with van der Waals surface area (Å²) in [4.78, 5) is 12.5. The second-order valence-electron chi connectivity index (χ2n) is 8.10. The van der Waals surface area contributed by atoms with Crippen molar-refractivity contribution in [1.29, 1.82) is 0 Å². The number of hydrogen-bond donors (Lipinski definition) is 2. The zero-order valence-electron chi connectivity index (χ0n) is 18.4. The molecule has 0 fully saturated rings. The van der Waals surface area contributed by atoms with Gasteiger partial charge in [0.05, 0.1) is 11.4 Å². The number of amides is 1. The Morgan fingerprint density at radius 3 is 2.72 bits per heavy atom. The number of hydrogen-bond acceptors (Lipinski definition) is 5. The first-order valence-corrected chi connectivity index (χ1v) is 12.6. The van der Waals surface area contributed by atoms with Crippen LogP contribution in [0.5, 0.6) is 5.75 Å². The van der Waals surface area contributed by atoms with Crippen molar-refractivity contribution in [2.24, 2.45) is 0 Å². The molecule has 2 aromatic carbocycles. The molecule has 2 N–H and O–H groups in total. The van der Waals surface area contributed by atoms with Crippen LogP contribution in [0.4, 0.5) is 11.4 Å². The summed E-state index contributed by atoms with van der Waals surface area (Å²) in [5, 5.41) is 3.86. The average molecular weight is 457 g/mol. The molecular formula is C24H28N2O5S. The third-order valence-corrected chi connectivity index (χ3v) is 7.12. The molecule has 1 amide bonds. The van der Waals surface area contributed by atoms with Crippen molar-refractivity contribution in [2.45, 2.75) is 46.0 Å². The monoisotopic (exact) mass is 456 g/mol. The molecule has 0 atom stereocenters. The third-order valence-electron chi connectivity index (χ3n) is 5.64. The SMILES string of the molecule is CCCS(=O)(=O)Nc1cccc(NC(=O)COc2ccc3oc4c(c3c2)CCCC4)c1C. The molecule has 7 nitrogen and oxygen atoms in total. The zero-order chi connectivity index (χ0) is 22.7. The smallest absolute Gasteiger partial charge is 0.262 e. The lowest BCUT2D eigenvalue weighted by atomic mass is 9.96. The Hall–Kier alpha value is -3.00. The van der Waals surface area contributed by atoms with Crippen molar-refractivity contribution < 1.29 is 22.4 Å². The van der Waals surface area contributed by atoms with Gasteiger partial charge in [0.2, 0.25) is 10.0 Å². The fourth-order valence-corrected chi connectivity index (χ4v) is 5.23. The number of furan rings is 1. The quantitative estimate of drug-likeness (QED) is 0.508. The largest absolute Gasteiger partial charge is 0.484 e. The van der Waals surface area contributed by atoms with E-state index in [1.54, 1.807) is 31.2 Å². The maximum Gasteiger partial charge on any atom is 0.262 e. The summed E-state index contributed by atoms with van der Waals surface area (Å²) in [7, 11) is -3.41. The molecule has 0 radical (unpaired) electrons. The van der Waals surface area contributed by atoms with Crippen molar-refractivity contribution in [3.8, 4) is 5.75 Å². The summed E-state index contributed by atoms with van der Waals surface area (Å²) < 4.78 is 38.4. The van der Waals surface area contributed by atoms with Gasteiger partial charge in [0, 0.05) is 23.1 Å². The van der Waals surface area contributed by atoms with E-state index in [4.69, 9.17) is 9.15 Å². The second-order valence-corrected chi connectivity index (χ2v) is 9.95. The molecule has 0 saturated carbocycles. The summed E-state index contributed by atoms with van der Waals surface area (Å²) in [6, 6.07) is 10.7. The van der Waals surface area contributed by atoms with Crippen LogP contribution in [0.2, 0.25) is 0 Å². The highest BCUT2D eigenvalue weighted by molar-refractivity contribution is 7.92. The zero-order valence-corrected chi connectivity index (χ0v) is 19.2. The molecule has 0 bridgehead atoms. The summed E-state index contributed by atoms with van der Waals surface area (Å²) >= 11 is 0. The maximum absolute atomic E-state index is 12.5. The molecule has 32 heavy (non-hydrogen) atoms. The van der Waals surface area contributed by atoms with Gasteiger partial charge in [-0.1, -0.05) is 13.0 Å². The number of benzene rings is 2. The lowest BCUT2D eigenvalue weighted by Gasteiger charge is -2.14. The number of nitrogens with one attached hydrogen (secondary N) is 2. The van der Waals surface area contributed by atoms with Gasteiger partial charge in [0.15, 0.2) is 6.61 Å². The van der Waals surface area contributed by atoms with Crippen LogP contribution < -0.4 is 14.8 Å². The van der Waals surface area contributed by atoms with Crippen molar-refractivity contribution in [3.05, 3.63) is 53.3 Å². The summed E-state index contributed by atoms with van der Waals surface area (Å²) in [5.74, 6) is 1.39. The Balaban J connectivity index is 1.42. The highest BCUT2D eigenvalue weighted by Crippen LogP contribution is 2.34. The van der Waals surface area contributed by atoms with Gasteiger partial charge in [-0.05, 0) is 68.5 Å². The molecule has 8 heteroatoms. The van der Waals surface area contributed by atoms with Gasteiger partial charge >= 0.3 is 0 Å². The molecule has 1 aromatic heterocycles. The number of carbonyl (C=O) groups is 1. The van der Waals surface area contributed by atoms with Crippen LogP contribution in [0, 0.1) is 6.92 Å². The van der Waals surface area contributed by atoms with E-state index in [2.05, 4.69) is 10.0 Å². The number of anilines is 2. The minimum atomic E-state index is -3.41. The van der Waals surface area contributed by atoms with Gasteiger partial charge in [-0.3, -0.25) is 9.52 Å². The Kier molecular flexibility index (Phi) is 6.41. The molecule has 3 aromatic rings. The van der Waals surface area contributed by atoms with E-state index in [0.717, 1.165) is 42.4 Å². The van der Waals surface area contributed by atoms with Crippen molar-refractivity contribution in [2.75, 3.05) is 22.4 Å². The van der Waals surface area contributed by atoms with Gasteiger partial charge in [-0.15, -0.1) is 0 Å².